The Bertz CT molecular complexity index is 1360. The van der Waals surface area contributed by atoms with Crippen molar-refractivity contribution >= 4 is 32.7 Å². The molecule has 1 aromatic carbocycles. The Labute approximate surface area is 190 Å². The molecule has 1 saturated heterocycles. The molecule has 1 aliphatic heterocycles. The fourth-order valence-electron chi connectivity index (χ4n) is 3.91. The lowest BCUT2D eigenvalue weighted by molar-refractivity contribution is 0.129. The average Bonchev–Trinajstić information content (AvgIpc) is 3.47. The van der Waals surface area contributed by atoms with Gasteiger partial charge in [-0.1, -0.05) is 17.7 Å². The largest absolute Gasteiger partial charge is 0.419 e. The summed E-state index contributed by atoms with van der Waals surface area (Å²) >= 11 is 6.05. The molecule has 0 amide bonds. The van der Waals surface area contributed by atoms with Gasteiger partial charge in [0.1, 0.15) is 10.5 Å². The predicted octanol–water partition coefficient (Wildman–Crippen LogP) is 3.33. The molecule has 0 aliphatic carbocycles. The van der Waals surface area contributed by atoms with Crippen molar-refractivity contribution < 1.29 is 12.8 Å². The lowest BCUT2D eigenvalue weighted by Crippen LogP contribution is -2.49. The number of sulfonamides is 1. The minimum Gasteiger partial charge on any atom is -0.419 e. The van der Waals surface area contributed by atoms with E-state index in [9.17, 15) is 8.42 Å². The zero-order chi connectivity index (χ0) is 22.3. The van der Waals surface area contributed by atoms with Gasteiger partial charge in [-0.3, -0.25) is 4.90 Å². The molecule has 5 rings (SSSR count). The van der Waals surface area contributed by atoms with Crippen LogP contribution in [-0.4, -0.2) is 64.0 Å². The Kier molecular flexibility index (Phi) is 5.46. The number of pyridine rings is 1. The predicted molar refractivity (Wildman–Crippen MR) is 120 cm³/mol. The Morgan fingerprint density at radius 3 is 2.72 bits per heavy atom. The summed E-state index contributed by atoms with van der Waals surface area (Å²) in [5.41, 5.74) is 1.32. The summed E-state index contributed by atoms with van der Waals surface area (Å²) in [6.07, 6.45) is 3.14. The van der Waals surface area contributed by atoms with Crippen LogP contribution < -0.4 is 0 Å². The van der Waals surface area contributed by atoms with E-state index in [0.717, 1.165) is 5.56 Å². The summed E-state index contributed by atoms with van der Waals surface area (Å²) < 4.78 is 33.8. The summed E-state index contributed by atoms with van der Waals surface area (Å²) in [6, 6.07) is 10.6. The molecule has 166 valence electrons. The normalized spacial score (nSPS) is 17.1. The van der Waals surface area contributed by atoms with Crippen LogP contribution in [0, 0.1) is 0 Å². The number of benzene rings is 1. The van der Waals surface area contributed by atoms with Crippen LogP contribution in [0.2, 0.25) is 5.02 Å². The number of H-pyrrole nitrogens is 1. The van der Waals surface area contributed by atoms with Gasteiger partial charge in [-0.2, -0.15) is 4.31 Å². The van der Waals surface area contributed by atoms with Gasteiger partial charge in [0.25, 0.3) is 0 Å². The SMILES string of the molecule is CC(c1nnc(-c2cccc(Cl)c2)o1)N1CCN(S(=O)(=O)c2c[nH]c3ncccc23)CC1. The van der Waals surface area contributed by atoms with E-state index >= 15 is 0 Å². The van der Waals surface area contributed by atoms with Crippen LogP contribution in [0.25, 0.3) is 22.5 Å². The second-order valence-corrected chi connectivity index (χ2v) is 9.97. The average molecular weight is 473 g/mol. The molecular formula is C21H21ClN6O3S. The Hall–Kier alpha value is -2.79. The van der Waals surface area contributed by atoms with Gasteiger partial charge in [0.05, 0.1) is 6.04 Å². The van der Waals surface area contributed by atoms with Crippen LogP contribution in [0.15, 0.2) is 58.1 Å². The molecule has 1 aliphatic rings. The second-order valence-electron chi connectivity index (χ2n) is 7.62. The topological polar surface area (TPSA) is 108 Å². The van der Waals surface area contributed by atoms with Crippen molar-refractivity contribution in [1.82, 2.24) is 29.4 Å². The molecule has 1 N–H and O–H groups in total. The first-order chi connectivity index (χ1) is 15.4. The maximum absolute atomic E-state index is 13.2. The summed E-state index contributed by atoms with van der Waals surface area (Å²) in [5, 5.41) is 9.53. The van der Waals surface area contributed by atoms with Gasteiger partial charge in [0.2, 0.25) is 21.8 Å². The molecule has 3 aromatic heterocycles. The highest BCUT2D eigenvalue weighted by molar-refractivity contribution is 7.89. The first kappa shape index (κ1) is 21.1. The highest BCUT2D eigenvalue weighted by atomic mass is 35.5. The van der Waals surface area contributed by atoms with E-state index in [-0.39, 0.29) is 10.9 Å². The molecule has 4 heterocycles. The zero-order valence-corrected chi connectivity index (χ0v) is 18.8. The Balaban J connectivity index is 1.28. The van der Waals surface area contributed by atoms with E-state index in [1.165, 1.54) is 10.5 Å². The van der Waals surface area contributed by atoms with Crippen molar-refractivity contribution in [1.29, 1.82) is 0 Å². The quantitative estimate of drug-likeness (QED) is 0.474. The van der Waals surface area contributed by atoms with Crippen LogP contribution in [-0.2, 0) is 10.0 Å². The van der Waals surface area contributed by atoms with E-state index in [4.69, 9.17) is 16.0 Å². The molecule has 11 heteroatoms. The summed E-state index contributed by atoms with van der Waals surface area (Å²) in [4.78, 5) is 9.51. The van der Waals surface area contributed by atoms with Crippen molar-refractivity contribution in [2.45, 2.75) is 17.9 Å². The van der Waals surface area contributed by atoms with Crippen LogP contribution in [0.1, 0.15) is 18.9 Å². The van der Waals surface area contributed by atoms with Crippen molar-refractivity contribution in [2.75, 3.05) is 26.2 Å². The third kappa shape index (κ3) is 3.79. The van der Waals surface area contributed by atoms with Gasteiger partial charge >= 0.3 is 0 Å². The standard InChI is InChI=1S/C21H21ClN6O3S/c1-14(20-25-26-21(31-20)15-4-2-5-16(22)12-15)27-8-10-28(11-9-27)32(29,30)18-13-24-19-17(18)6-3-7-23-19/h2-7,12-14H,8-11H2,1H3,(H,23,24). The third-order valence-corrected chi connectivity index (χ3v) is 7.90. The lowest BCUT2D eigenvalue weighted by Gasteiger charge is -2.36. The number of rotatable bonds is 5. The van der Waals surface area contributed by atoms with Gasteiger partial charge in [-0.25, -0.2) is 13.4 Å². The molecule has 9 nitrogen and oxygen atoms in total. The number of piperazine rings is 1. The summed E-state index contributed by atoms with van der Waals surface area (Å²) in [5.74, 6) is 0.891. The summed E-state index contributed by atoms with van der Waals surface area (Å²) in [7, 11) is -3.62. The van der Waals surface area contributed by atoms with Gasteiger partial charge in [-0.05, 0) is 37.3 Å². The first-order valence-corrected chi connectivity index (χ1v) is 12.0. The van der Waals surface area contributed by atoms with Crippen molar-refractivity contribution in [3.05, 3.63) is 59.7 Å². The lowest BCUT2D eigenvalue weighted by atomic mass is 10.2. The van der Waals surface area contributed by atoms with Crippen LogP contribution in [0.5, 0.6) is 0 Å². The van der Waals surface area contributed by atoms with E-state index in [1.807, 2.05) is 19.1 Å². The minimum atomic E-state index is -3.62. The number of nitrogens with one attached hydrogen (secondary N) is 1. The van der Waals surface area contributed by atoms with E-state index in [2.05, 4.69) is 25.1 Å². The van der Waals surface area contributed by atoms with Crippen LogP contribution in [0.3, 0.4) is 0 Å². The molecule has 0 saturated carbocycles. The molecule has 1 unspecified atom stereocenters. The molecule has 1 fully saturated rings. The number of nitrogens with zero attached hydrogens (tertiary/aromatic N) is 5. The third-order valence-electron chi connectivity index (χ3n) is 5.72. The van der Waals surface area contributed by atoms with Crippen molar-refractivity contribution in [2.24, 2.45) is 0 Å². The highest BCUT2D eigenvalue weighted by Crippen LogP contribution is 2.29. The molecular weight excluding hydrogens is 452 g/mol. The maximum Gasteiger partial charge on any atom is 0.247 e. The molecule has 1 atom stereocenters. The molecule has 0 spiro atoms. The highest BCUT2D eigenvalue weighted by Gasteiger charge is 2.33. The van der Waals surface area contributed by atoms with Gasteiger partial charge in [0.15, 0.2) is 0 Å². The molecule has 0 radical (unpaired) electrons. The van der Waals surface area contributed by atoms with E-state index < -0.39 is 10.0 Å². The van der Waals surface area contributed by atoms with E-state index in [1.54, 1.807) is 30.5 Å². The molecule has 32 heavy (non-hydrogen) atoms. The molecule has 4 aromatic rings. The second kappa shape index (κ2) is 8.28. The Morgan fingerprint density at radius 2 is 1.94 bits per heavy atom. The first-order valence-electron chi connectivity index (χ1n) is 10.2. The van der Waals surface area contributed by atoms with Crippen molar-refractivity contribution in [3.63, 3.8) is 0 Å². The smallest absolute Gasteiger partial charge is 0.247 e. The minimum absolute atomic E-state index is 0.141. The fourth-order valence-corrected chi connectivity index (χ4v) is 5.68. The van der Waals surface area contributed by atoms with Crippen LogP contribution >= 0.6 is 11.6 Å². The summed E-state index contributed by atoms with van der Waals surface area (Å²) in [6.45, 7) is 3.82. The maximum atomic E-state index is 13.2. The number of fused-ring (bicyclic) bond motifs is 1. The number of halogens is 1. The van der Waals surface area contributed by atoms with Crippen molar-refractivity contribution in [3.8, 4) is 11.5 Å². The van der Waals surface area contributed by atoms with Crippen LogP contribution in [0.4, 0.5) is 0 Å². The molecule has 0 bridgehead atoms. The van der Waals surface area contributed by atoms with E-state index in [0.29, 0.717) is 54.0 Å². The van der Waals surface area contributed by atoms with Gasteiger partial charge < -0.3 is 9.40 Å². The van der Waals surface area contributed by atoms with Gasteiger partial charge in [-0.15, -0.1) is 10.2 Å². The zero-order valence-electron chi connectivity index (χ0n) is 17.3. The fraction of sp³-hybridized carbons (Fsp3) is 0.286. The number of hydrogen-bond donors (Lipinski definition) is 1. The van der Waals surface area contributed by atoms with Gasteiger partial charge in [0, 0.05) is 54.5 Å². The number of aromatic amines is 1. The monoisotopic (exact) mass is 472 g/mol. The Morgan fingerprint density at radius 1 is 1.12 bits per heavy atom. The number of aromatic nitrogens is 4. The number of hydrogen-bond acceptors (Lipinski definition) is 7.